The van der Waals surface area contributed by atoms with Crippen LogP contribution in [0.5, 0.6) is 0 Å². The number of carbonyl (C=O) groups is 1. The van der Waals surface area contributed by atoms with Gasteiger partial charge in [-0.25, -0.2) is 4.79 Å². The Morgan fingerprint density at radius 3 is 1.64 bits per heavy atom. The molecule has 0 saturated carbocycles. The van der Waals surface area contributed by atoms with Gasteiger partial charge in [0.05, 0.1) is 18.8 Å². The van der Waals surface area contributed by atoms with E-state index in [2.05, 4.69) is 9.47 Å². The summed E-state index contributed by atoms with van der Waals surface area (Å²) in [6.07, 6.45) is -15.1. The summed E-state index contributed by atoms with van der Waals surface area (Å²) < 4.78 is 51.7. The van der Waals surface area contributed by atoms with Gasteiger partial charge < -0.3 is 81.2 Å². The quantitative estimate of drug-likeness (QED) is 0.0833. The first-order valence-electron chi connectivity index (χ1n) is 11.7. The normalized spacial score (nSPS) is 28.7. The number of hydrogen-bond donors (Lipinski definition) is 1. The van der Waals surface area contributed by atoms with Crippen LogP contribution < -0.4 is 0 Å². The van der Waals surface area contributed by atoms with Crippen molar-refractivity contribution in [3.8, 4) is 0 Å². The molecule has 0 bridgehead atoms. The van der Waals surface area contributed by atoms with Crippen LogP contribution >= 0.6 is 0 Å². The fraction of sp³-hybridized carbons (Fsp3) is 0.696. The first-order valence-corrected chi connectivity index (χ1v) is 11.7. The Labute approximate surface area is 420 Å². The third-order valence-electron chi connectivity index (χ3n) is 5.81. The average Bonchev–Trinajstić information content (AvgIpc) is 2.92. The van der Waals surface area contributed by atoms with Crippen LogP contribution in [0.2, 0.25) is 0 Å². The largest absolute Gasteiger partial charge is 0.651 e. The molecule has 2 rings (SSSR count). The minimum atomic E-state index is -1.82. The van der Waals surface area contributed by atoms with Gasteiger partial charge in [-0.15, -0.1) is 6.42 Å². The molecular weight excluding hydrogens is 1100 g/mol. The predicted molar refractivity (Wildman–Crippen MR) is 120 cm³/mol. The number of hydrogen-bond acceptors (Lipinski definition) is 17. The molecule has 2 fully saturated rings. The van der Waals surface area contributed by atoms with Crippen LogP contribution in [0.4, 0.5) is 4.79 Å². The summed E-state index contributed by atoms with van der Waals surface area (Å²) in [5.74, 6) is -1.20. The van der Waals surface area contributed by atoms with E-state index in [-0.39, 0.29) is 196 Å². The molecule has 0 aliphatic carbocycles. The molecule has 248 valence electrons. The summed E-state index contributed by atoms with van der Waals surface area (Å²) >= 11 is 0. The van der Waals surface area contributed by atoms with Crippen molar-refractivity contribution >= 4 is 44.8 Å². The molecule has 0 aromatic carbocycles. The molecule has 6 radical (unpaired) electrons. The van der Waals surface area contributed by atoms with Gasteiger partial charge >= 0.3 is 6.16 Å². The van der Waals surface area contributed by atoms with Crippen LogP contribution in [-0.4, -0.2) is 125 Å². The van der Waals surface area contributed by atoms with Crippen LogP contribution in [0.15, 0.2) is 0 Å². The zero-order chi connectivity index (χ0) is 30.4. The smallest absolute Gasteiger partial charge is 0.505 e. The van der Waals surface area contributed by atoms with Crippen LogP contribution in [0.1, 0.15) is 20.3 Å². The van der Waals surface area contributed by atoms with E-state index in [0.29, 0.717) is 0 Å². The first-order chi connectivity index (χ1) is 19.8. The fourth-order valence-corrected chi connectivity index (χ4v) is 4.33. The Balaban J connectivity index is -0.000000980. The Kier molecular flexibility index (Phi) is 41.9. The van der Waals surface area contributed by atoms with Gasteiger partial charge in [0.15, 0.2) is 18.7 Å². The van der Waals surface area contributed by atoms with Crippen molar-refractivity contribution in [2.75, 3.05) is 13.2 Å². The first kappa shape index (κ1) is 59.0. The van der Waals surface area contributed by atoms with Crippen LogP contribution in [0.25, 0.3) is 0 Å². The molecule has 0 spiro atoms. The molecule has 2 aliphatic rings. The summed E-state index contributed by atoms with van der Waals surface area (Å²) in [5, 5.41) is 9.05. The van der Waals surface area contributed by atoms with Gasteiger partial charge in [0.25, 0.3) is 0 Å². The molecule has 47 heavy (non-hydrogen) atoms. The number of carbonyl (C=O) groups excluding carboxylic acids is 6. The van der Waals surface area contributed by atoms with E-state index < -0.39 is 93.1 Å². The molecule has 0 amide bonds. The second kappa shape index (κ2) is 33.3. The molecular formula is C23H24O18Y6-6. The van der Waals surface area contributed by atoms with E-state index in [4.69, 9.17) is 43.0 Å². The molecule has 0 aromatic rings. The average molecular weight is 1120 g/mol. The van der Waals surface area contributed by atoms with Crippen molar-refractivity contribution in [2.45, 2.75) is 81.7 Å². The van der Waals surface area contributed by atoms with Crippen molar-refractivity contribution in [3.05, 3.63) is 0 Å². The zero-order valence-corrected chi connectivity index (χ0v) is 41.9. The van der Waals surface area contributed by atoms with Crippen molar-refractivity contribution in [1.29, 1.82) is 0 Å². The van der Waals surface area contributed by atoms with Crippen molar-refractivity contribution in [2.24, 2.45) is 5.92 Å². The van der Waals surface area contributed by atoms with Gasteiger partial charge in [0, 0.05) is 202 Å². The summed E-state index contributed by atoms with van der Waals surface area (Å²) in [5.41, 5.74) is 0. The summed E-state index contributed by atoms with van der Waals surface area (Å²) in [7, 11) is 0. The minimum absolute atomic E-state index is 0. The van der Waals surface area contributed by atoms with Gasteiger partial charge in [-0.05, 0) is 13.8 Å². The monoisotopic (exact) mass is 1120 g/mol. The van der Waals surface area contributed by atoms with Crippen molar-refractivity contribution < 1.29 is 282 Å². The van der Waals surface area contributed by atoms with Crippen LogP contribution in [0, 0.1) is 5.92 Å². The van der Waals surface area contributed by atoms with Gasteiger partial charge in [-0.1, -0.05) is 32.4 Å². The molecule has 2 saturated heterocycles. The van der Waals surface area contributed by atoms with Gasteiger partial charge in [0.2, 0.25) is 0 Å². The SMILES string of the molecule is CC(C)OC1O[C@H](COC(=O)O)[C@@H](O[C@@H]2O[C@H](CO[C-]=O)[C@H](O[C-]=O)[C@H](O[C-]=O)[C@H]2O[C-]=O)[C@H](C[C-]=O)[C@H]1O[C-]=O.[Y].[Y].[Y].[Y].[Y].[Y]. The Bertz CT molecular complexity index is 907. The molecule has 2 heterocycles. The molecule has 0 aromatic heterocycles. The Hall–Kier alpha value is 2.75. The van der Waals surface area contributed by atoms with Gasteiger partial charge in [0.1, 0.15) is 37.1 Å². The molecule has 1 N–H and O–H groups in total. The summed E-state index contributed by atoms with van der Waals surface area (Å²) in [4.78, 5) is 77.9. The van der Waals surface area contributed by atoms with E-state index in [9.17, 15) is 33.6 Å². The molecule has 10 atom stereocenters. The van der Waals surface area contributed by atoms with Gasteiger partial charge in [-0.3, -0.25) is 6.29 Å². The molecule has 24 heteroatoms. The van der Waals surface area contributed by atoms with E-state index >= 15 is 0 Å². The topological polar surface area (TPSA) is 232 Å². The van der Waals surface area contributed by atoms with Crippen molar-refractivity contribution in [1.82, 2.24) is 0 Å². The predicted octanol–water partition coefficient (Wildman–Crippen LogP) is -2.06. The maximum Gasteiger partial charge on any atom is 0.505 e. The summed E-state index contributed by atoms with van der Waals surface area (Å²) in [6, 6.07) is 0. The third kappa shape index (κ3) is 19.1. The second-order valence-corrected chi connectivity index (χ2v) is 8.52. The van der Waals surface area contributed by atoms with E-state index in [1.807, 2.05) is 0 Å². The fourth-order valence-electron chi connectivity index (χ4n) is 4.33. The van der Waals surface area contributed by atoms with E-state index in [1.165, 1.54) is 6.47 Å². The number of rotatable bonds is 19. The molecule has 18 nitrogen and oxygen atoms in total. The maximum atomic E-state index is 11.5. The van der Waals surface area contributed by atoms with Crippen molar-refractivity contribution in [3.63, 3.8) is 0 Å². The number of ether oxygens (including phenoxy) is 10. The minimum Gasteiger partial charge on any atom is -0.651 e. The second-order valence-electron chi connectivity index (χ2n) is 8.52. The van der Waals surface area contributed by atoms with E-state index in [0.717, 1.165) is 25.9 Å². The maximum absolute atomic E-state index is 11.5. The summed E-state index contributed by atoms with van der Waals surface area (Å²) in [6.45, 7) is 7.48. The Morgan fingerprint density at radius 1 is 0.660 bits per heavy atom. The zero-order valence-electron chi connectivity index (χ0n) is 24.8. The Morgan fingerprint density at radius 2 is 1.15 bits per heavy atom. The van der Waals surface area contributed by atoms with Gasteiger partial charge in [-0.2, -0.15) is 0 Å². The van der Waals surface area contributed by atoms with Crippen LogP contribution in [0.3, 0.4) is 0 Å². The third-order valence-corrected chi connectivity index (χ3v) is 5.81. The number of carboxylic acid groups (broad SMARTS) is 1. The molecule has 1 unspecified atom stereocenters. The van der Waals surface area contributed by atoms with Crippen LogP contribution in [-0.2, 0) is 272 Å². The standard InChI is InChI=1S/C23H24O18.6Y/c1-12(2)38-21-17(34-8-26)13(3-4-24)16(15(40-21)6-33-23(30)31)41-22-20(37-11-29)19(36-10-28)18(35-9-27)14(39-22)5-32-7-25;;;;;;/h12-22H,3,5-6H2,1-2H3,(H,30,31);;;;;;/q-6;;;;;;/t13-,14+,15+,16-,17+,18-,19-,20+,21?,22-;;;;;;/m0....../s1. The molecule has 2 aliphatic heterocycles. The van der Waals surface area contributed by atoms with E-state index in [1.54, 1.807) is 20.1 Å².